The number of nitrogens with one attached hydrogen (secondary N) is 1. The molecule has 3 aromatic rings. The molecule has 2 aromatic heterocycles. The molecule has 0 atom stereocenters. The Balaban J connectivity index is 1.41. The fourth-order valence-corrected chi connectivity index (χ4v) is 4.67. The predicted octanol–water partition coefficient (Wildman–Crippen LogP) is 3.98. The van der Waals surface area contributed by atoms with E-state index in [1.165, 1.54) is 16.7 Å². The van der Waals surface area contributed by atoms with Crippen LogP contribution in [0.25, 0.3) is 5.70 Å². The molecule has 0 spiro atoms. The lowest BCUT2D eigenvalue weighted by atomic mass is 9.98. The SMILES string of the molecule is C=C(c1cnc2c(c1)CCCN2c1ccn(C=NC)c(=N)c1)N1CCc2ccccc2C1. The summed E-state index contributed by atoms with van der Waals surface area (Å²) < 4.78 is 1.70. The molecule has 5 rings (SSSR count). The van der Waals surface area contributed by atoms with Crippen LogP contribution in [0, 0.1) is 5.41 Å². The van der Waals surface area contributed by atoms with Gasteiger partial charge in [-0.25, -0.2) is 4.98 Å². The van der Waals surface area contributed by atoms with Crippen molar-refractivity contribution in [1.82, 2.24) is 14.5 Å². The topological polar surface area (TPSA) is 60.5 Å². The predicted molar refractivity (Wildman–Crippen MR) is 129 cm³/mol. The minimum Gasteiger partial charge on any atom is -0.367 e. The molecule has 2 aliphatic heterocycles. The van der Waals surface area contributed by atoms with E-state index in [0.29, 0.717) is 5.49 Å². The molecule has 4 heterocycles. The number of hydrogen-bond donors (Lipinski definition) is 1. The van der Waals surface area contributed by atoms with Gasteiger partial charge in [-0.3, -0.25) is 15.0 Å². The third kappa shape index (κ3) is 3.73. The molecule has 6 nitrogen and oxygen atoms in total. The lowest BCUT2D eigenvalue weighted by Crippen LogP contribution is -2.30. The number of aryl methyl sites for hydroxylation is 1. The molecule has 0 unspecified atom stereocenters. The van der Waals surface area contributed by atoms with Gasteiger partial charge >= 0.3 is 0 Å². The van der Waals surface area contributed by atoms with Crippen LogP contribution in [0.3, 0.4) is 0 Å². The van der Waals surface area contributed by atoms with E-state index in [4.69, 9.17) is 10.4 Å². The van der Waals surface area contributed by atoms with Crippen molar-refractivity contribution >= 4 is 23.5 Å². The molecule has 0 bridgehead atoms. The van der Waals surface area contributed by atoms with E-state index >= 15 is 0 Å². The molecule has 162 valence electrons. The Kier molecular flexibility index (Phi) is 5.35. The van der Waals surface area contributed by atoms with Gasteiger partial charge in [0.05, 0.1) is 6.34 Å². The number of anilines is 2. The fraction of sp³-hybridized carbons (Fsp3) is 0.269. The van der Waals surface area contributed by atoms with Gasteiger partial charge in [0.1, 0.15) is 11.3 Å². The molecule has 6 heteroatoms. The first-order chi connectivity index (χ1) is 15.6. The van der Waals surface area contributed by atoms with E-state index in [1.54, 1.807) is 18.0 Å². The Labute approximate surface area is 188 Å². The lowest BCUT2D eigenvalue weighted by molar-refractivity contribution is 0.373. The highest BCUT2D eigenvalue weighted by molar-refractivity contribution is 5.69. The van der Waals surface area contributed by atoms with Crippen molar-refractivity contribution in [2.45, 2.75) is 25.8 Å². The minimum atomic E-state index is 0.399. The van der Waals surface area contributed by atoms with Gasteiger partial charge in [-0.1, -0.05) is 30.8 Å². The average Bonchev–Trinajstić information content (AvgIpc) is 2.84. The minimum absolute atomic E-state index is 0.399. The van der Waals surface area contributed by atoms with Gasteiger partial charge in [0, 0.05) is 62.1 Å². The Bertz CT molecular complexity index is 1260. The smallest absolute Gasteiger partial charge is 0.136 e. The monoisotopic (exact) mass is 424 g/mol. The van der Waals surface area contributed by atoms with Gasteiger partial charge in [0.25, 0.3) is 0 Å². The van der Waals surface area contributed by atoms with E-state index < -0.39 is 0 Å². The van der Waals surface area contributed by atoms with Crippen LogP contribution in [0.1, 0.15) is 28.7 Å². The number of pyridine rings is 2. The summed E-state index contributed by atoms with van der Waals surface area (Å²) >= 11 is 0. The lowest BCUT2D eigenvalue weighted by Gasteiger charge is -2.33. The zero-order valence-corrected chi connectivity index (χ0v) is 18.5. The quantitative estimate of drug-likeness (QED) is 0.509. The van der Waals surface area contributed by atoms with Gasteiger partial charge in [-0.05, 0) is 48.1 Å². The van der Waals surface area contributed by atoms with Crippen molar-refractivity contribution in [2.75, 3.05) is 25.0 Å². The van der Waals surface area contributed by atoms with Gasteiger partial charge in [0.15, 0.2) is 0 Å². The van der Waals surface area contributed by atoms with E-state index in [2.05, 4.69) is 51.7 Å². The average molecular weight is 425 g/mol. The maximum atomic E-state index is 8.28. The van der Waals surface area contributed by atoms with E-state index in [-0.39, 0.29) is 0 Å². The van der Waals surface area contributed by atoms with E-state index in [1.807, 2.05) is 24.5 Å². The van der Waals surface area contributed by atoms with Gasteiger partial charge in [0.2, 0.25) is 0 Å². The third-order valence-electron chi connectivity index (χ3n) is 6.39. The first-order valence-electron chi connectivity index (χ1n) is 11.1. The van der Waals surface area contributed by atoms with Crippen LogP contribution < -0.4 is 10.4 Å². The highest BCUT2D eigenvalue weighted by atomic mass is 15.2. The second kappa shape index (κ2) is 8.46. The zero-order chi connectivity index (χ0) is 22.1. The summed E-state index contributed by atoms with van der Waals surface area (Å²) in [7, 11) is 1.71. The van der Waals surface area contributed by atoms with Crippen LogP contribution in [-0.2, 0) is 19.4 Å². The van der Waals surface area contributed by atoms with Crippen LogP contribution in [-0.4, -0.2) is 40.9 Å². The third-order valence-corrected chi connectivity index (χ3v) is 6.39. The zero-order valence-electron chi connectivity index (χ0n) is 18.5. The Hall–Kier alpha value is -3.67. The van der Waals surface area contributed by atoms with Crippen LogP contribution in [0.5, 0.6) is 0 Å². The summed E-state index contributed by atoms with van der Waals surface area (Å²) in [5.41, 5.74) is 7.59. The molecule has 2 aliphatic rings. The van der Waals surface area contributed by atoms with E-state index in [9.17, 15) is 0 Å². The highest BCUT2D eigenvalue weighted by Crippen LogP contribution is 2.33. The molecule has 0 saturated carbocycles. The first kappa shape index (κ1) is 20.2. The highest BCUT2D eigenvalue weighted by Gasteiger charge is 2.23. The van der Waals surface area contributed by atoms with Gasteiger partial charge in [-0.15, -0.1) is 0 Å². The standard InChI is InChI=1S/C26H28N6/c1-19(30-12-9-20-6-3-4-7-22(20)17-30)23-14-21-8-5-11-32(26(21)29-16-23)24-10-13-31(18-28-2)25(27)15-24/h3-4,6-7,10,13-16,18,27H,1,5,8-9,11-12,17H2,2H3. The number of aliphatic imine (C=N–C) groups is 1. The summed E-state index contributed by atoms with van der Waals surface area (Å²) in [6.07, 6.45) is 8.59. The summed E-state index contributed by atoms with van der Waals surface area (Å²) in [6.45, 7) is 7.20. The van der Waals surface area contributed by atoms with Crippen molar-refractivity contribution in [1.29, 1.82) is 5.41 Å². The second-order valence-corrected chi connectivity index (χ2v) is 8.40. The number of hydrogen-bond acceptors (Lipinski definition) is 5. The Morgan fingerprint density at radius 3 is 2.75 bits per heavy atom. The van der Waals surface area contributed by atoms with Gasteiger partial charge < -0.3 is 9.80 Å². The number of benzene rings is 1. The van der Waals surface area contributed by atoms with E-state index in [0.717, 1.165) is 61.7 Å². The van der Waals surface area contributed by atoms with Crippen molar-refractivity contribution in [3.8, 4) is 0 Å². The van der Waals surface area contributed by atoms with Crippen molar-refractivity contribution in [2.24, 2.45) is 4.99 Å². The summed E-state index contributed by atoms with van der Waals surface area (Å²) in [4.78, 5) is 13.5. The molecule has 0 fully saturated rings. The number of nitrogens with zero attached hydrogens (tertiary/aromatic N) is 5. The number of aromatic nitrogens is 2. The number of rotatable bonds is 4. The first-order valence-corrected chi connectivity index (χ1v) is 11.1. The van der Waals surface area contributed by atoms with Crippen molar-refractivity contribution in [3.63, 3.8) is 0 Å². The Morgan fingerprint density at radius 2 is 1.94 bits per heavy atom. The van der Waals surface area contributed by atoms with Gasteiger partial charge in [-0.2, -0.15) is 0 Å². The summed E-state index contributed by atoms with van der Waals surface area (Å²) in [5, 5.41) is 8.28. The molecule has 1 aromatic carbocycles. The molecular formula is C26H28N6. The molecule has 32 heavy (non-hydrogen) atoms. The largest absolute Gasteiger partial charge is 0.367 e. The van der Waals surface area contributed by atoms with Crippen LogP contribution in [0.2, 0.25) is 0 Å². The van der Waals surface area contributed by atoms with Crippen LogP contribution >= 0.6 is 0 Å². The van der Waals surface area contributed by atoms with Crippen LogP contribution in [0.15, 0.2) is 66.4 Å². The molecule has 0 aliphatic carbocycles. The summed E-state index contributed by atoms with van der Waals surface area (Å²) in [6, 6.07) is 14.8. The van der Waals surface area contributed by atoms with Crippen molar-refractivity contribution < 1.29 is 0 Å². The normalized spacial score (nSPS) is 15.5. The molecule has 0 saturated heterocycles. The van der Waals surface area contributed by atoms with Crippen molar-refractivity contribution in [3.05, 3.63) is 89.2 Å². The van der Waals surface area contributed by atoms with Crippen LogP contribution in [0.4, 0.5) is 11.5 Å². The molecule has 0 amide bonds. The fourth-order valence-electron chi connectivity index (χ4n) is 4.67. The number of fused-ring (bicyclic) bond motifs is 2. The molecule has 1 N–H and O–H groups in total. The maximum absolute atomic E-state index is 8.28. The molecular weight excluding hydrogens is 396 g/mol. The Morgan fingerprint density at radius 1 is 1.09 bits per heavy atom. The maximum Gasteiger partial charge on any atom is 0.136 e. The second-order valence-electron chi connectivity index (χ2n) is 8.40. The summed E-state index contributed by atoms with van der Waals surface area (Å²) in [5.74, 6) is 0.984. The molecule has 0 radical (unpaired) electrons.